The van der Waals surface area contributed by atoms with E-state index in [9.17, 15) is 18.0 Å². The maximum atomic E-state index is 12.4. The molecule has 31 heavy (non-hydrogen) atoms. The summed E-state index contributed by atoms with van der Waals surface area (Å²) < 4.78 is 37.7. The molecule has 3 rings (SSSR count). The van der Waals surface area contributed by atoms with Crippen molar-refractivity contribution >= 4 is 27.5 Å². The van der Waals surface area contributed by atoms with Gasteiger partial charge in [-0.15, -0.1) is 0 Å². The third kappa shape index (κ3) is 6.98. The summed E-state index contributed by atoms with van der Waals surface area (Å²) in [4.78, 5) is 23.9. The molecule has 0 fully saturated rings. The predicted octanol–water partition coefficient (Wildman–Crippen LogP) is 1.89. The van der Waals surface area contributed by atoms with Crippen LogP contribution in [-0.4, -0.2) is 33.4 Å². The quantitative estimate of drug-likeness (QED) is 0.439. The van der Waals surface area contributed by atoms with Gasteiger partial charge in [0.1, 0.15) is 11.5 Å². The summed E-state index contributed by atoms with van der Waals surface area (Å²) in [6.07, 6.45) is 1.45. The first-order chi connectivity index (χ1) is 14.9. The van der Waals surface area contributed by atoms with Crippen LogP contribution in [0.2, 0.25) is 0 Å². The molecule has 0 aliphatic rings. The van der Waals surface area contributed by atoms with Gasteiger partial charge < -0.3 is 19.8 Å². The molecule has 0 aliphatic carbocycles. The van der Waals surface area contributed by atoms with Crippen LogP contribution in [0.15, 0.2) is 82.3 Å². The fourth-order valence-corrected chi connectivity index (χ4v) is 3.54. The Morgan fingerprint density at radius 2 is 1.74 bits per heavy atom. The molecule has 0 bridgehead atoms. The number of hydrogen-bond acceptors (Lipinski definition) is 6. The fraction of sp³-hybridized carbons (Fsp3) is 0.143. The minimum atomic E-state index is -3.80. The van der Waals surface area contributed by atoms with E-state index in [-0.39, 0.29) is 30.3 Å². The maximum absolute atomic E-state index is 12.4. The van der Waals surface area contributed by atoms with Crippen molar-refractivity contribution in [2.45, 2.75) is 11.4 Å². The van der Waals surface area contributed by atoms with Gasteiger partial charge in [0.25, 0.3) is 5.91 Å². The molecule has 2 aromatic carbocycles. The second kappa shape index (κ2) is 10.4. The molecule has 0 spiro atoms. The Bertz CT molecular complexity index is 1120. The van der Waals surface area contributed by atoms with Crippen molar-refractivity contribution in [3.63, 3.8) is 0 Å². The number of carbonyl (C=O) groups excluding carboxylic acids is 2. The molecule has 2 amide bonds. The number of hydrogen-bond donors (Lipinski definition) is 3. The molecular formula is C21H21N3O6S. The molecule has 162 valence electrons. The molecule has 3 N–H and O–H groups in total. The van der Waals surface area contributed by atoms with Gasteiger partial charge in [0, 0.05) is 5.69 Å². The van der Waals surface area contributed by atoms with Crippen LogP contribution in [0, 0.1) is 0 Å². The van der Waals surface area contributed by atoms with E-state index in [1.54, 1.807) is 42.5 Å². The summed E-state index contributed by atoms with van der Waals surface area (Å²) in [5.74, 6) is 0.0458. The summed E-state index contributed by atoms with van der Waals surface area (Å²) >= 11 is 0. The minimum absolute atomic E-state index is 0.00298. The highest BCUT2D eigenvalue weighted by Crippen LogP contribution is 2.16. The van der Waals surface area contributed by atoms with Crippen LogP contribution in [0.1, 0.15) is 5.76 Å². The van der Waals surface area contributed by atoms with Gasteiger partial charge in [-0.25, -0.2) is 13.1 Å². The van der Waals surface area contributed by atoms with Gasteiger partial charge in [0.2, 0.25) is 15.9 Å². The van der Waals surface area contributed by atoms with Gasteiger partial charge in [0.15, 0.2) is 6.61 Å². The summed E-state index contributed by atoms with van der Waals surface area (Å²) in [5, 5.41) is 4.98. The minimum Gasteiger partial charge on any atom is -0.484 e. The number of ether oxygens (including phenoxy) is 1. The molecule has 0 radical (unpaired) electrons. The fourth-order valence-electron chi connectivity index (χ4n) is 2.50. The molecule has 0 saturated carbocycles. The van der Waals surface area contributed by atoms with Crippen LogP contribution in [-0.2, 0) is 26.2 Å². The Labute approximate surface area is 179 Å². The smallest absolute Gasteiger partial charge is 0.258 e. The summed E-state index contributed by atoms with van der Waals surface area (Å²) in [5.41, 5.74) is 0.278. The summed E-state index contributed by atoms with van der Waals surface area (Å²) in [7, 11) is -3.80. The monoisotopic (exact) mass is 443 g/mol. The highest BCUT2D eigenvalue weighted by molar-refractivity contribution is 7.89. The molecular weight excluding hydrogens is 422 g/mol. The van der Waals surface area contributed by atoms with Crippen molar-refractivity contribution in [3.8, 4) is 5.75 Å². The number of anilines is 1. The predicted molar refractivity (Wildman–Crippen MR) is 113 cm³/mol. The zero-order valence-electron chi connectivity index (χ0n) is 16.4. The number of benzene rings is 2. The van der Waals surface area contributed by atoms with E-state index < -0.39 is 21.8 Å². The van der Waals surface area contributed by atoms with Crippen molar-refractivity contribution in [1.29, 1.82) is 0 Å². The highest BCUT2D eigenvalue weighted by Gasteiger charge is 2.15. The molecule has 9 nitrogen and oxygen atoms in total. The van der Waals surface area contributed by atoms with Gasteiger partial charge in [-0.05, 0) is 42.5 Å². The number of amides is 2. The Morgan fingerprint density at radius 3 is 2.48 bits per heavy atom. The first kappa shape index (κ1) is 22.1. The van der Waals surface area contributed by atoms with Crippen LogP contribution in [0.3, 0.4) is 0 Å². The Hall–Kier alpha value is -3.63. The molecule has 0 aliphatic heterocycles. The first-order valence-corrected chi connectivity index (χ1v) is 10.8. The lowest BCUT2D eigenvalue weighted by Crippen LogP contribution is -2.35. The van der Waals surface area contributed by atoms with E-state index in [0.717, 1.165) is 0 Å². The second-order valence-electron chi connectivity index (χ2n) is 6.36. The van der Waals surface area contributed by atoms with Crippen molar-refractivity contribution in [2.24, 2.45) is 0 Å². The third-order valence-corrected chi connectivity index (χ3v) is 5.40. The number of furan rings is 1. The lowest BCUT2D eigenvalue weighted by molar-refractivity contribution is -0.125. The Balaban J connectivity index is 1.48. The van der Waals surface area contributed by atoms with E-state index in [1.807, 2.05) is 6.07 Å². The van der Waals surface area contributed by atoms with Gasteiger partial charge in [-0.1, -0.05) is 24.3 Å². The number of nitrogens with one attached hydrogen (secondary N) is 3. The van der Waals surface area contributed by atoms with Gasteiger partial charge >= 0.3 is 0 Å². The van der Waals surface area contributed by atoms with Gasteiger partial charge in [-0.2, -0.15) is 0 Å². The van der Waals surface area contributed by atoms with Gasteiger partial charge in [0.05, 0.1) is 24.2 Å². The average Bonchev–Trinajstić information content (AvgIpc) is 3.30. The van der Waals surface area contributed by atoms with E-state index in [0.29, 0.717) is 11.5 Å². The number of sulfonamides is 1. The Kier molecular flexibility index (Phi) is 7.41. The molecule has 0 atom stereocenters. The van der Waals surface area contributed by atoms with Crippen LogP contribution in [0.4, 0.5) is 5.69 Å². The maximum Gasteiger partial charge on any atom is 0.258 e. The lowest BCUT2D eigenvalue weighted by atomic mass is 10.3. The van der Waals surface area contributed by atoms with E-state index in [4.69, 9.17) is 9.15 Å². The largest absolute Gasteiger partial charge is 0.484 e. The summed E-state index contributed by atoms with van der Waals surface area (Å²) in [6, 6.07) is 17.9. The molecule has 0 unspecified atom stereocenters. The van der Waals surface area contributed by atoms with Gasteiger partial charge in [-0.3, -0.25) is 9.59 Å². The van der Waals surface area contributed by atoms with Crippen molar-refractivity contribution in [1.82, 2.24) is 10.0 Å². The standard InChI is InChI=1S/C21H21N3O6S/c25-20(14-22-21(26)15-30-17-7-2-1-3-8-17)24-16-6-4-10-19(12-16)31(27,28)23-13-18-9-5-11-29-18/h1-12,23H,13-15H2,(H,22,26)(H,24,25). The number of para-hydroxylation sites is 1. The number of carbonyl (C=O) groups is 2. The molecule has 0 saturated heterocycles. The van der Waals surface area contributed by atoms with Crippen LogP contribution in [0.5, 0.6) is 5.75 Å². The number of rotatable bonds is 10. The van der Waals surface area contributed by atoms with Crippen LogP contribution >= 0.6 is 0 Å². The highest BCUT2D eigenvalue weighted by atomic mass is 32.2. The van der Waals surface area contributed by atoms with Crippen molar-refractivity contribution < 1.29 is 27.2 Å². The van der Waals surface area contributed by atoms with E-state index >= 15 is 0 Å². The third-order valence-electron chi connectivity index (χ3n) is 4.00. The van der Waals surface area contributed by atoms with E-state index in [1.165, 1.54) is 24.5 Å². The topological polar surface area (TPSA) is 127 Å². The second-order valence-corrected chi connectivity index (χ2v) is 8.13. The first-order valence-electron chi connectivity index (χ1n) is 9.29. The van der Waals surface area contributed by atoms with Crippen molar-refractivity contribution in [3.05, 3.63) is 78.8 Å². The van der Waals surface area contributed by atoms with Crippen molar-refractivity contribution in [2.75, 3.05) is 18.5 Å². The average molecular weight is 443 g/mol. The Morgan fingerprint density at radius 1 is 0.935 bits per heavy atom. The zero-order chi connectivity index (χ0) is 22.1. The zero-order valence-corrected chi connectivity index (χ0v) is 17.2. The normalized spacial score (nSPS) is 11.0. The van der Waals surface area contributed by atoms with Crippen LogP contribution in [0.25, 0.3) is 0 Å². The molecule has 3 aromatic rings. The lowest BCUT2D eigenvalue weighted by Gasteiger charge is -2.10. The molecule has 1 heterocycles. The molecule has 1 aromatic heterocycles. The summed E-state index contributed by atoms with van der Waals surface area (Å²) in [6.45, 7) is -0.514. The molecule has 10 heteroatoms. The SMILES string of the molecule is O=C(COc1ccccc1)NCC(=O)Nc1cccc(S(=O)(=O)NCc2ccco2)c1. The van der Waals surface area contributed by atoms with E-state index in [2.05, 4.69) is 15.4 Å². The van der Waals surface area contributed by atoms with Crippen LogP contribution < -0.4 is 20.1 Å².